The van der Waals surface area contributed by atoms with Gasteiger partial charge in [-0.15, -0.1) is 0 Å². The minimum absolute atomic E-state index is 0.218. The van der Waals surface area contributed by atoms with E-state index in [0.717, 1.165) is 45.1 Å². The molecule has 0 aliphatic heterocycles. The largest absolute Gasteiger partial charge is 0.396 e. The van der Waals surface area contributed by atoms with E-state index >= 15 is 0 Å². The average Bonchev–Trinajstić information content (AvgIpc) is 2.77. The van der Waals surface area contributed by atoms with E-state index in [1.807, 2.05) is 0 Å². The summed E-state index contributed by atoms with van der Waals surface area (Å²) in [5, 5.41) is 30.1. The van der Waals surface area contributed by atoms with Gasteiger partial charge in [0.15, 0.2) is 0 Å². The summed E-state index contributed by atoms with van der Waals surface area (Å²) in [6.45, 7) is 6.87. The van der Waals surface area contributed by atoms with Crippen LogP contribution in [0, 0.1) is 0 Å². The molecule has 0 fully saturated rings. The molecule has 0 radical (unpaired) electrons. The van der Waals surface area contributed by atoms with Gasteiger partial charge in [-0.2, -0.15) is 0 Å². The Hall–Kier alpha value is -0.160. The molecular weight excluding hydrogens is 398 g/mol. The highest BCUT2D eigenvalue weighted by molar-refractivity contribution is 4.70. The van der Waals surface area contributed by atoms with Crippen molar-refractivity contribution in [3.05, 3.63) is 0 Å². The first-order valence-electron chi connectivity index (χ1n) is 14.3. The fourth-order valence-electron chi connectivity index (χ4n) is 4.51. The molecule has 0 rings (SSSR count). The number of hydrogen-bond acceptors (Lipinski definition) is 4. The standard InChI is InChI=1S/C28H59NO3/c1-3-5-7-9-11-13-15-17-21-27(31)25-29(23-19-20-24-30)26-28(32)22-18-16-14-12-10-8-6-4-2/h27-28,30-32H,3-26H2,1-2H3. The maximum absolute atomic E-state index is 10.5. The zero-order valence-corrected chi connectivity index (χ0v) is 21.9. The maximum atomic E-state index is 10.5. The molecule has 2 atom stereocenters. The minimum atomic E-state index is -0.306. The van der Waals surface area contributed by atoms with Gasteiger partial charge in [0.25, 0.3) is 0 Å². The molecular formula is C28H59NO3. The van der Waals surface area contributed by atoms with Gasteiger partial charge in [-0.1, -0.05) is 117 Å². The van der Waals surface area contributed by atoms with E-state index in [2.05, 4.69) is 18.7 Å². The highest BCUT2D eigenvalue weighted by Gasteiger charge is 2.15. The molecule has 0 aromatic rings. The molecule has 3 N–H and O–H groups in total. The monoisotopic (exact) mass is 457 g/mol. The molecule has 2 unspecified atom stereocenters. The van der Waals surface area contributed by atoms with Crippen LogP contribution in [-0.4, -0.2) is 58.7 Å². The summed E-state index contributed by atoms with van der Waals surface area (Å²) in [5.41, 5.74) is 0. The van der Waals surface area contributed by atoms with Gasteiger partial charge in [0.05, 0.1) is 12.2 Å². The molecule has 4 nitrogen and oxygen atoms in total. The van der Waals surface area contributed by atoms with Crippen molar-refractivity contribution in [2.24, 2.45) is 0 Å². The van der Waals surface area contributed by atoms with Crippen molar-refractivity contribution in [2.75, 3.05) is 26.2 Å². The Labute approximate surface area is 201 Å². The van der Waals surface area contributed by atoms with E-state index < -0.39 is 0 Å². The van der Waals surface area contributed by atoms with Crippen molar-refractivity contribution >= 4 is 0 Å². The normalized spacial score (nSPS) is 13.7. The third kappa shape index (κ3) is 23.0. The summed E-state index contributed by atoms with van der Waals surface area (Å²) in [7, 11) is 0. The molecule has 0 spiro atoms. The van der Waals surface area contributed by atoms with Gasteiger partial charge in [-0.3, -0.25) is 4.90 Å². The summed E-state index contributed by atoms with van der Waals surface area (Å²) >= 11 is 0. The van der Waals surface area contributed by atoms with E-state index in [4.69, 9.17) is 5.11 Å². The van der Waals surface area contributed by atoms with Crippen LogP contribution in [0.4, 0.5) is 0 Å². The molecule has 0 aliphatic rings. The molecule has 0 amide bonds. The summed E-state index contributed by atoms with van der Waals surface area (Å²) in [6.07, 6.45) is 23.4. The van der Waals surface area contributed by atoms with E-state index in [9.17, 15) is 10.2 Å². The summed E-state index contributed by atoms with van der Waals surface area (Å²) in [6, 6.07) is 0. The molecule has 0 aliphatic carbocycles. The van der Waals surface area contributed by atoms with E-state index in [-0.39, 0.29) is 18.8 Å². The molecule has 0 saturated carbocycles. The Balaban J connectivity index is 3.97. The van der Waals surface area contributed by atoms with Crippen molar-refractivity contribution in [1.29, 1.82) is 0 Å². The predicted octanol–water partition coefficient (Wildman–Crippen LogP) is 6.84. The predicted molar refractivity (Wildman–Crippen MR) is 139 cm³/mol. The fourth-order valence-corrected chi connectivity index (χ4v) is 4.51. The van der Waals surface area contributed by atoms with Crippen molar-refractivity contribution in [3.63, 3.8) is 0 Å². The van der Waals surface area contributed by atoms with Crippen LogP contribution >= 0.6 is 0 Å². The highest BCUT2D eigenvalue weighted by Crippen LogP contribution is 2.14. The smallest absolute Gasteiger partial charge is 0.0667 e. The zero-order valence-electron chi connectivity index (χ0n) is 21.9. The minimum Gasteiger partial charge on any atom is -0.396 e. The molecule has 0 bridgehead atoms. The maximum Gasteiger partial charge on any atom is 0.0667 e. The quantitative estimate of drug-likeness (QED) is 0.124. The van der Waals surface area contributed by atoms with Crippen LogP contribution in [0.1, 0.15) is 142 Å². The molecule has 4 heteroatoms. The summed E-state index contributed by atoms with van der Waals surface area (Å²) in [4.78, 5) is 2.22. The van der Waals surface area contributed by atoms with Crippen molar-refractivity contribution in [3.8, 4) is 0 Å². The number of aliphatic hydroxyl groups excluding tert-OH is 3. The summed E-state index contributed by atoms with van der Waals surface area (Å²) < 4.78 is 0. The lowest BCUT2D eigenvalue weighted by atomic mass is 10.0. The second kappa shape index (κ2) is 25.5. The second-order valence-electron chi connectivity index (χ2n) is 10.0. The number of hydrogen-bond donors (Lipinski definition) is 3. The third-order valence-corrected chi connectivity index (χ3v) is 6.60. The molecule has 194 valence electrons. The topological polar surface area (TPSA) is 63.9 Å². The first kappa shape index (κ1) is 31.8. The lowest BCUT2D eigenvalue weighted by Crippen LogP contribution is -2.38. The Morgan fingerprint density at radius 3 is 1.25 bits per heavy atom. The number of unbranched alkanes of at least 4 members (excludes halogenated alkanes) is 15. The highest BCUT2D eigenvalue weighted by atomic mass is 16.3. The lowest BCUT2D eigenvalue weighted by Gasteiger charge is -2.27. The Morgan fingerprint density at radius 1 is 0.500 bits per heavy atom. The van der Waals surface area contributed by atoms with Crippen molar-refractivity contribution in [1.82, 2.24) is 4.90 Å². The van der Waals surface area contributed by atoms with Gasteiger partial charge in [0, 0.05) is 19.7 Å². The van der Waals surface area contributed by atoms with Gasteiger partial charge in [0.1, 0.15) is 0 Å². The van der Waals surface area contributed by atoms with Gasteiger partial charge in [-0.05, 0) is 32.2 Å². The lowest BCUT2D eigenvalue weighted by molar-refractivity contribution is 0.0590. The number of aliphatic hydroxyl groups is 3. The van der Waals surface area contributed by atoms with Crippen LogP contribution in [0.2, 0.25) is 0 Å². The zero-order chi connectivity index (χ0) is 23.7. The Morgan fingerprint density at radius 2 is 0.875 bits per heavy atom. The van der Waals surface area contributed by atoms with Gasteiger partial charge < -0.3 is 15.3 Å². The fraction of sp³-hybridized carbons (Fsp3) is 1.00. The van der Waals surface area contributed by atoms with Crippen molar-refractivity contribution in [2.45, 2.75) is 154 Å². The van der Waals surface area contributed by atoms with Crippen LogP contribution in [0.5, 0.6) is 0 Å². The molecule has 0 aromatic heterocycles. The number of nitrogens with zero attached hydrogens (tertiary/aromatic N) is 1. The first-order chi connectivity index (χ1) is 15.6. The van der Waals surface area contributed by atoms with Crippen LogP contribution in [0.3, 0.4) is 0 Å². The van der Waals surface area contributed by atoms with Crippen LogP contribution in [0.25, 0.3) is 0 Å². The Kier molecular flexibility index (Phi) is 25.3. The molecule has 0 heterocycles. The SMILES string of the molecule is CCCCCCCCCCC(O)CN(CCCCO)CC(O)CCCCCCCCCC. The third-order valence-electron chi connectivity index (χ3n) is 6.60. The number of rotatable bonds is 26. The summed E-state index contributed by atoms with van der Waals surface area (Å²) in [5.74, 6) is 0. The Bertz CT molecular complexity index is 326. The second-order valence-corrected chi connectivity index (χ2v) is 10.0. The van der Waals surface area contributed by atoms with Crippen LogP contribution in [0.15, 0.2) is 0 Å². The van der Waals surface area contributed by atoms with E-state index in [0.29, 0.717) is 13.1 Å². The average molecular weight is 458 g/mol. The van der Waals surface area contributed by atoms with Crippen molar-refractivity contribution < 1.29 is 15.3 Å². The van der Waals surface area contributed by atoms with E-state index in [1.54, 1.807) is 0 Å². The molecule has 32 heavy (non-hydrogen) atoms. The molecule has 0 aromatic carbocycles. The molecule has 0 saturated heterocycles. The van der Waals surface area contributed by atoms with Gasteiger partial charge in [-0.25, -0.2) is 0 Å². The van der Waals surface area contributed by atoms with Crippen LogP contribution < -0.4 is 0 Å². The van der Waals surface area contributed by atoms with Crippen LogP contribution in [-0.2, 0) is 0 Å². The first-order valence-corrected chi connectivity index (χ1v) is 14.3. The van der Waals surface area contributed by atoms with Gasteiger partial charge in [0.2, 0.25) is 0 Å². The van der Waals surface area contributed by atoms with Gasteiger partial charge >= 0.3 is 0 Å². The van der Waals surface area contributed by atoms with E-state index in [1.165, 1.54) is 89.9 Å².